The van der Waals surface area contributed by atoms with Crippen molar-refractivity contribution in [1.29, 1.82) is 0 Å². The summed E-state index contributed by atoms with van der Waals surface area (Å²) >= 11 is 0. The number of carbonyl (C=O) groups is 1. The van der Waals surface area contributed by atoms with Crippen molar-refractivity contribution in [2.75, 3.05) is 76.8 Å². The Kier molecular flexibility index (Phi) is 13.8. The Morgan fingerprint density at radius 2 is 1.51 bits per heavy atom. The molecular weight excluding hydrogens is 719 g/mol. The van der Waals surface area contributed by atoms with Crippen molar-refractivity contribution in [2.45, 2.75) is 32.3 Å². The lowest BCUT2D eigenvalue weighted by atomic mass is 9.85. The van der Waals surface area contributed by atoms with Crippen molar-refractivity contribution >= 4 is 46.8 Å². The molecule has 0 radical (unpaired) electrons. The van der Waals surface area contributed by atoms with Crippen molar-refractivity contribution in [3.8, 4) is 23.0 Å². The number of rotatable bonds is 17. The van der Waals surface area contributed by atoms with Gasteiger partial charge in [-0.05, 0) is 60.7 Å². The molecule has 0 fully saturated rings. The standard InChI is InChI=1S/C42H51N4O8P/c1-42(2,3)30-25-29(28-55(7,8)48)40(50-5)35(26-30)45-41(47)44-34-17-18-37(33-14-10-9-13-32(33)34)54-31-19-20-43-39(27-31)46(51-6)36-15-11-12-16-38(36)53-24-23-52-22-21-49-4/h9-20,25-27H,21-24,28H2,1-8H3,(H2,44,45,47). The number of ether oxygens (including phenoxy) is 5. The molecule has 5 aromatic rings. The van der Waals surface area contributed by atoms with E-state index in [4.69, 9.17) is 28.5 Å². The number of amides is 2. The van der Waals surface area contributed by atoms with E-state index in [0.29, 0.717) is 78.5 Å². The number of para-hydroxylation sites is 2. The predicted molar refractivity (Wildman–Crippen MR) is 220 cm³/mol. The number of carbonyl (C=O) groups excluding carboxylic acids is 1. The average molecular weight is 771 g/mol. The molecule has 0 unspecified atom stereocenters. The van der Waals surface area contributed by atoms with Crippen LogP contribution in [-0.4, -0.2) is 72.1 Å². The van der Waals surface area contributed by atoms with E-state index in [-0.39, 0.29) is 5.41 Å². The van der Waals surface area contributed by atoms with E-state index in [2.05, 4.69) is 36.4 Å². The van der Waals surface area contributed by atoms with Crippen molar-refractivity contribution in [3.63, 3.8) is 0 Å². The van der Waals surface area contributed by atoms with Crippen LogP contribution in [0.2, 0.25) is 0 Å². The quantitative estimate of drug-likeness (QED) is 0.0536. The molecule has 0 aliphatic rings. The van der Waals surface area contributed by atoms with Gasteiger partial charge in [0, 0.05) is 41.9 Å². The van der Waals surface area contributed by atoms with E-state index in [1.165, 1.54) is 0 Å². The summed E-state index contributed by atoms with van der Waals surface area (Å²) in [5, 5.41) is 9.12. The summed E-state index contributed by atoms with van der Waals surface area (Å²) in [6, 6.07) is 25.8. The lowest BCUT2D eigenvalue weighted by molar-refractivity contribution is 0.0543. The number of nitrogens with zero attached hydrogens (tertiary/aromatic N) is 2. The van der Waals surface area contributed by atoms with Crippen LogP contribution < -0.4 is 29.9 Å². The molecule has 55 heavy (non-hydrogen) atoms. The summed E-state index contributed by atoms with van der Waals surface area (Å²) in [4.78, 5) is 23.9. The van der Waals surface area contributed by atoms with E-state index in [1.807, 2.05) is 66.7 Å². The van der Waals surface area contributed by atoms with Gasteiger partial charge in [-0.1, -0.05) is 63.2 Å². The number of nitrogens with one attached hydrogen (secondary N) is 2. The predicted octanol–water partition coefficient (Wildman–Crippen LogP) is 9.84. The zero-order valence-electron chi connectivity index (χ0n) is 32.8. The Morgan fingerprint density at radius 3 is 2.22 bits per heavy atom. The van der Waals surface area contributed by atoms with E-state index >= 15 is 0 Å². The fourth-order valence-corrected chi connectivity index (χ4v) is 7.00. The number of anilines is 4. The van der Waals surface area contributed by atoms with Crippen LogP contribution in [0.25, 0.3) is 10.8 Å². The Morgan fingerprint density at radius 1 is 0.800 bits per heavy atom. The molecule has 2 N–H and O–H groups in total. The van der Waals surface area contributed by atoms with Crippen LogP contribution in [0, 0.1) is 0 Å². The zero-order valence-corrected chi connectivity index (χ0v) is 33.7. The second kappa shape index (κ2) is 18.5. The van der Waals surface area contributed by atoms with Crippen LogP contribution in [-0.2, 0) is 30.5 Å². The van der Waals surface area contributed by atoms with Crippen LogP contribution in [0.4, 0.5) is 27.7 Å². The van der Waals surface area contributed by atoms with Crippen molar-refractivity contribution in [1.82, 2.24) is 4.98 Å². The van der Waals surface area contributed by atoms with Crippen molar-refractivity contribution in [3.05, 3.63) is 102 Å². The van der Waals surface area contributed by atoms with Gasteiger partial charge in [-0.25, -0.2) is 14.8 Å². The largest absolute Gasteiger partial charge is 0.494 e. The Bertz CT molecular complexity index is 2130. The molecular formula is C42H51N4O8P. The van der Waals surface area contributed by atoms with Crippen molar-refractivity contribution in [2.24, 2.45) is 0 Å². The van der Waals surface area contributed by atoms with Gasteiger partial charge in [0.15, 0.2) is 5.82 Å². The average Bonchev–Trinajstić information content (AvgIpc) is 3.14. The molecule has 0 spiro atoms. The maximum atomic E-state index is 13.6. The lowest BCUT2D eigenvalue weighted by Gasteiger charge is -2.24. The first-order valence-corrected chi connectivity index (χ1v) is 20.7. The second-order valence-corrected chi connectivity index (χ2v) is 17.7. The first-order chi connectivity index (χ1) is 26.3. The van der Waals surface area contributed by atoms with Crippen LogP contribution in [0.5, 0.6) is 23.0 Å². The maximum Gasteiger partial charge on any atom is 0.323 e. The van der Waals surface area contributed by atoms with E-state index < -0.39 is 13.2 Å². The molecule has 12 nitrogen and oxygen atoms in total. The summed E-state index contributed by atoms with van der Waals surface area (Å²) in [5.74, 6) is 2.66. The minimum Gasteiger partial charge on any atom is -0.494 e. The van der Waals surface area contributed by atoms with Crippen LogP contribution in [0.15, 0.2) is 91.1 Å². The third-order valence-electron chi connectivity index (χ3n) is 8.50. The smallest absolute Gasteiger partial charge is 0.323 e. The molecule has 2 amide bonds. The highest BCUT2D eigenvalue weighted by Gasteiger charge is 2.24. The summed E-state index contributed by atoms with van der Waals surface area (Å²) < 4.78 is 41.7. The summed E-state index contributed by atoms with van der Waals surface area (Å²) in [6.07, 6.45) is 1.99. The minimum atomic E-state index is -2.44. The molecule has 13 heteroatoms. The summed E-state index contributed by atoms with van der Waals surface area (Å²) in [5.41, 5.74) is 3.29. The third kappa shape index (κ3) is 11.0. The first kappa shape index (κ1) is 41.0. The Balaban J connectivity index is 1.36. The molecule has 0 aliphatic carbocycles. The molecule has 0 saturated heterocycles. The van der Waals surface area contributed by atoms with Gasteiger partial charge in [0.25, 0.3) is 0 Å². The number of methoxy groups -OCH3 is 2. The van der Waals surface area contributed by atoms with Gasteiger partial charge in [-0.2, -0.15) is 0 Å². The fourth-order valence-electron chi connectivity index (χ4n) is 5.95. The summed E-state index contributed by atoms with van der Waals surface area (Å²) in [7, 11) is 2.29. The van der Waals surface area contributed by atoms with Gasteiger partial charge >= 0.3 is 6.03 Å². The number of fused-ring (bicyclic) bond motifs is 1. The number of aromatic nitrogens is 1. The Labute approximate surface area is 323 Å². The topological polar surface area (TPSA) is 130 Å². The van der Waals surface area contributed by atoms with Gasteiger partial charge in [-0.3, -0.25) is 4.84 Å². The molecule has 0 saturated carbocycles. The summed E-state index contributed by atoms with van der Waals surface area (Å²) in [6.45, 7) is 11.5. The molecule has 1 aromatic heterocycles. The van der Waals surface area contributed by atoms with E-state index in [0.717, 1.165) is 21.9 Å². The monoisotopic (exact) mass is 770 g/mol. The van der Waals surface area contributed by atoms with Gasteiger partial charge in [0.2, 0.25) is 0 Å². The fraction of sp³-hybridized carbons (Fsp3) is 0.333. The molecule has 4 aromatic carbocycles. The van der Waals surface area contributed by atoms with Crippen molar-refractivity contribution < 1.29 is 37.9 Å². The zero-order chi connectivity index (χ0) is 39.6. The second-order valence-electron chi connectivity index (χ2n) is 14.3. The number of benzene rings is 4. The van der Waals surface area contributed by atoms with E-state index in [1.54, 1.807) is 64.1 Å². The van der Waals surface area contributed by atoms with Gasteiger partial charge in [0.1, 0.15) is 35.3 Å². The third-order valence-corrected chi connectivity index (χ3v) is 9.61. The molecule has 5 rings (SSSR count). The molecule has 0 aliphatic heterocycles. The lowest BCUT2D eigenvalue weighted by Crippen LogP contribution is -2.21. The molecule has 0 atom stereocenters. The van der Waals surface area contributed by atoms with Crippen LogP contribution in [0.1, 0.15) is 31.9 Å². The number of urea groups is 1. The Hall–Kier alpha value is -5.13. The molecule has 0 bridgehead atoms. The highest BCUT2D eigenvalue weighted by atomic mass is 31.2. The van der Waals surface area contributed by atoms with Gasteiger partial charge in [-0.15, -0.1) is 0 Å². The van der Waals surface area contributed by atoms with Gasteiger partial charge < -0.3 is 38.9 Å². The van der Waals surface area contributed by atoms with Gasteiger partial charge in [0.05, 0.1) is 52.6 Å². The van der Waals surface area contributed by atoms with E-state index in [9.17, 15) is 9.36 Å². The number of hydrogen-bond acceptors (Lipinski definition) is 10. The minimum absolute atomic E-state index is 0.221. The highest BCUT2D eigenvalue weighted by Crippen LogP contribution is 2.46. The number of hydrogen-bond donors (Lipinski definition) is 2. The first-order valence-electron chi connectivity index (χ1n) is 17.9. The number of pyridine rings is 1. The molecule has 292 valence electrons. The maximum absolute atomic E-state index is 13.6. The highest BCUT2D eigenvalue weighted by molar-refractivity contribution is 7.61. The van der Waals surface area contributed by atoms with Crippen LogP contribution >= 0.6 is 7.14 Å². The van der Waals surface area contributed by atoms with Crippen LogP contribution in [0.3, 0.4) is 0 Å². The SMILES string of the molecule is COCCOCCOc1ccccc1N(OC)c1cc(Oc2ccc(NC(=O)Nc3cc(C(C)(C)C)cc(CP(C)(C)=O)c3OC)c3ccccc23)ccn1. The normalized spacial score (nSPS) is 11.6. The molecule has 1 heterocycles.